The average molecular weight is 466 g/mol. The normalized spacial score (nSPS) is 20.0. The van der Waals surface area contributed by atoms with E-state index in [1.165, 1.54) is 17.4 Å². The van der Waals surface area contributed by atoms with E-state index in [0.29, 0.717) is 10.7 Å². The molecule has 2 aromatic rings. The lowest BCUT2D eigenvalue weighted by molar-refractivity contribution is -0.130. The van der Waals surface area contributed by atoms with Crippen molar-refractivity contribution in [3.8, 4) is 0 Å². The van der Waals surface area contributed by atoms with Crippen molar-refractivity contribution in [1.29, 1.82) is 0 Å². The molecular weight excluding hydrogens is 436 g/mol. The van der Waals surface area contributed by atoms with Crippen LogP contribution in [0.4, 0.5) is 13.9 Å². The van der Waals surface area contributed by atoms with Gasteiger partial charge in [0.25, 0.3) is 0 Å². The maximum Gasteiger partial charge on any atom is 0.243 e. The summed E-state index contributed by atoms with van der Waals surface area (Å²) in [4.78, 5) is 32.5. The molecule has 3 atom stereocenters. The number of anilines is 1. The highest BCUT2D eigenvalue weighted by Gasteiger charge is 2.28. The van der Waals surface area contributed by atoms with E-state index >= 15 is 0 Å². The van der Waals surface area contributed by atoms with Crippen LogP contribution < -0.4 is 16.4 Å². The molecule has 4 N–H and O–H groups in total. The van der Waals surface area contributed by atoms with E-state index < -0.39 is 23.6 Å². The Kier molecular flexibility index (Phi) is 8.14. The zero-order chi connectivity index (χ0) is 23.3. The van der Waals surface area contributed by atoms with Crippen LogP contribution in [0.1, 0.15) is 43.6 Å². The molecule has 3 unspecified atom stereocenters. The van der Waals surface area contributed by atoms with Gasteiger partial charge in [0.2, 0.25) is 11.8 Å². The van der Waals surface area contributed by atoms with Gasteiger partial charge in [-0.25, -0.2) is 13.8 Å². The lowest BCUT2D eigenvalue weighted by atomic mass is 9.97. The van der Waals surface area contributed by atoms with Crippen LogP contribution in [0.5, 0.6) is 0 Å². The molecule has 7 nitrogen and oxygen atoms in total. The molecule has 3 rings (SSSR count). The molecule has 0 aliphatic carbocycles. The third kappa shape index (κ3) is 6.46. The number of carbonyl (C=O) groups excluding carboxylic acids is 2. The Hall–Kier alpha value is -2.59. The topological polar surface area (TPSA) is 100 Å². The first-order valence-corrected chi connectivity index (χ1v) is 11.5. The number of likely N-dealkylation sites (tertiary alicyclic amines) is 1. The van der Waals surface area contributed by atoms with Crippen molar-refractivity contribution in [2.45, 2.75) is 64.2 Å². The number of thiazole rings is 1. The zero-order valence-electron chi connectivity index (χ0n) is 18.2. The first-order valence-electron chi connectivity index (χ1n) is 10.7. The van der Waals surface area contributed by atoms with Gasteiger partial charge in [0, 0.05) is 29.6 Å². The van der Waals surface area contributed by atoms with Gasteiger partial charge in [0.1, 0.15) is 6.04 Å². The molecule has 1 saturated heterocycles. The fourth-order valence-electron chi connectivity index (χ4n) is 4.01. The molecule has 2 heterocycles. The third-order valence-corrected chi connectivity index (χ3v) is 6.61. The molecule has 0 saturated carbocycles. The Labute approximate surface area is 190 Å². The molecule has 174 valence electrons. The molecular formula is C22H29F2N5O2S. The summed E-state index contributed by atoms with van der Waals surface area (Å²) >= 11 is 1.25. The van der Waals surface area contributed by atoms with Gasteiger partial charge in [-0.05, 0) is 44.4 Å². The van der Waals surface area contributed by atoms with Crippen LogP contribution in [0, 0.1) is 11.6 Å². The van der Waals surface area contributed by atoms with E-state index in [9.17, 15) is 18.4 Å². The Morgan fingerprint density at radius 3 is 2.59 bits per heavy atom. The molecule has 1 fully saturated rings. The first kappa shape index (κ1) is 24.1. The Balaban J connectivity index is 1.68. The number of hydrogen-bond donors (Lipinski definition) is 3. The van der Waals surface area contributed by atoms with Crippen LogP contribution >= 0.6 is 11.3 Å². The highest BCUT2D eigenvalue weighted by atomic mass is 32.1. The number of hydrogen-bond acceptors (Lipinski definition) is 6. The fourth-order valence-corrected chi connectivity index (χ4v) is 4.63. The molecule has 10 heteroatoms. The second kappa shape index (κ2) is 10.8. The van der Waals surface area contributed by atoms with Gasteiger partial charge in [-0.3, -0.25) is 14.5 Å². The van der Waals surface area contributed by atoms with Crippen molar-refractivity contribution in [3.63, 3.8) is 0 Å². The average Bonchev–Trinajstić information content (AvgIpc) is 3.16. The van der Waals surface area contributed by atoms with E-state index in [1.54, 1.807) is 6.20 Å². The van der Waals surface area contributed by atoms with Crippen LogP contribution in [0.2, 0.25) is 0 Å². The van der Waals surface area contributed by atoms with E-state index in [4.69, 9.17) is 5.73 Å². The largest absolute Gasteiger partial charge is 0.375 e. The summed E-state index contributed by atoms with van der Waals surface area (Å²) in [5, 5.41) is 5.94. The van der Waals surface area contributed by atoms with Crippen molar-refractivity contribution in [2.75, 3.05) is 12.3 Å². The number of carbonyl (C=O) groups is 2. The van der Waals surface area contributed by atoms with Gasteiger partial charge in [-0.1, -0.05) is 12.5 Å². The predicted octanol–water partition coefficient (Wildman–Crippen LogP) is 2.61. The fraction of sp³-hybridized carbons (Fsp3) is 0.500. The van der Waals surface area contributed by atoms with Crippen molar-refractivity contribution < 1.29 is 18.4 Å². The molecule has 2 amide bonds. The minimum Gasteiger partial charge on any atom is -0.375 e. The van der Waals surface area contributed by atoms with Gasteiger partial charge >= 0.3 is 0 Å². The number of nitrogens with two attached hydrogens (primary N) is 1. The number of benzene rings is 1. The lowest BCUT2D eigenvalue weighted by Crippen LogP contribution is -2.53. The van der Waals surface area contributed by atoms with Crippen molar-refractivity contribution in [1.82, 2.24) is 20.5 Å². The maximum absolute atomic E-state index is 13.7. The maximum atomic E-state index is 13.7. The van der Waals surface area contributed by atoms with Gasteiger partial charge in [0.05, 0.1) is 13.1 Å². The number of nitrogens with one attached hydrogen (secondary N) is 2. The number of nitrogen functional groups attached to an aromatic ring is 1. The monoisotopic (exact) mass is 465 g/mol. The quantitative estimate of drug-likeness (QED) is 0.557. The Bertz CT molecular complexity index is 944. The SMILES string of the molecule is CC1CCCC(C)N1CC(=O)NC(Cc1ccc(F)c(F)c1)C(=O)NCc1cnc(N)s1. The molecule has 1 aliphatic rings. The molecule has 1 aromatic heterocycles. The lowest BCUT2D eigenvalue weighted by Gasteiger charge is -2.38. The smallest absolute Gasteiger partial charge is 0.243 e. The summed E-state index contributed by atoms with van der Waals surface area (Å²) in [6.45, 7) is 4.57. The number of piperidine rings is 1. The molecule has 32 heavy (non-hydrogen) atoms. The van der Waals surface area contributed by atoms with Crippen molar-refractivity contribution in [2.24, 2.45) is 0 Å². The van der Waals surface area contributed by atoms with E-state index in [1.807, 2.05) is 0 Å². The highest BCUT2D eigenvalue weighted by Crippen LogP contribution is 2.22. The number of amides is 2. The summed E-state index contributed by atoms with van der Waals surface area (Å²) < 4.78 is 27.0. The number of halogens is 2. The van der Waals surface area contributed by atoms with Gasteiger partial charge in [-0.15, -0.1) is 11.3 Å². The van der Waals surface area contributed by atoms with Crippen LogP contribution in [0.25, 0.3) is 0 Å². The standard InChI is InChI=1S/C22H29F2N5O2S/c1-13-4-3-5-14(2)29(13)12-20(30)28-19(9-15-6-7-17(23)18(24)8-15)21(31)26-10-16-11-27-22(25)32-16/h6-8,11,13-14,19H,3-5,9-10,12H2,1-2H3,(H2,25,27)(H,26,31)(H,28,30). The summed E-state index contributed by atoms with van der Waals surface area (Å²) in [5.41, 5.74) is 6.03. The zero-order valence-corrected chi connectivity index (χ0v) is 19.1. The van der Waals surface area contributed by atoms with E-state index in [2.05, 4.69) is 34.4 Å². The number of rotatable bonds is 8. The van der Waals surface area contributed by atoms with Crippen LogP contribution in [0.3, 0.4) is 0 Å². The van der Waals surface area contributed by atoms with Crippen LogP contribution in [-0.4, -0.2) is 46.4 Å². The Morgan fingerprint density at radius 1 is 1.25 bits per heavy atom. The third-order valence-electron chi connectivity index (χ3n) is 5.79. The van der Waals surface area contributed by atoms with E-state index in [0.717, 1.165) is 36.3 Å². The van der Waals surface area contributed by atoms with Crippen LogP contribution in [-0.2, 0) is 22.6 Å². The van der Waals surface area contributed by atoms with Gasteiger partial charge < -0.3 is 16.4 Å². The van der Waals surface area contributed by atoms with E-state index in [-0.39, 0.29) is 37.5 Å². The molecule has 0 spiro atoms. The highest BCUT2D eigenvalue weighted by molar-refractivity contribution is 7.15. The van der Waals surface area contributed by atoms with Crippen molar-refractivity contribution in [3.05, 3.63) is 46.5 Å². The number of aromatic nitrogens is 1. The molecule has 0 radical (unpaired) electrons. The van der Waals surface area contributed by atoms with Gasteiger partial charge in [0.15, 0.2) is 16.8 Å². The minimum atomic E-state index is -0.996. The second-order valence-corrected chi connectivity index (χ2v) is 9.40. The minimum absolute atomic E-state index is 0.0325. The number of nitrogens with zero attached hydrogens (tertiary/aromatic N) is 2. The second-order valence-electron chi connectivity index (χ2n) is 8.26. The molecule has 0 bridgehead atoms. The van der Waals surface area contributed by atoms with Gasteiger partial charge in [-0.2, -0.15) is 0 Å². The molecule has 1 aromatic carbocycles. The summed E-state index contributed by atoms with van der Waals surface area (Å²) in [6, 6.07) is 3.08. The first-order chi connectivity index (χ1) is 15.2. The summed E-state index contributed by atoms with van der Waals surface area (Å²) in [7, 11) is 0. The predicted molar refractivity (Wildman–Crippen MR) is 120 cm³/mol. The van der Waals surface area contributed by atoms with Crippen molar-refractivity contribution >= 4 is 28.3 Å². The van der Waals surface area contributed by atoms with Crippen LogP contribution in [0.15, 0.2) is 24.4 Å². The Morgan fingerprint density at radius 2 is 1.97 bits per heavy atom. The molecule has 1 aliphatic heterocycles. The summed E-state index contributed by atoms with van der Waals surface area (Å²) in [6.07, 6.45) is 4.78. The summed E-state index contributed by atoms with van der Waals surface area (Å²) in [5.74, 6) is -2.66.